The standard InChI is InChI=1S/C31H33FN6O2/c1-36-11-4-7-21(36)8-10-34-31(40)23-17-38-26-14-19-6-3-2-5-18(19)13-25(26)35-27-28(38)22(30(23)39)15-24(32)29(27)37-12-9-20(33)16-37/h2-3,5-6,13-15,17,20-21,28H,4,7-12,16,33H2,1H3,(H,34,40). The number of Topliss-reactive ketones (excluding diaryl/α,β-unsaturated/α-hetero) is 1. The van der Waals surface area contributed by atoms with E-state index >= 15 is 4.39 Å². The van der Waals surface area contributed by atoms with Crippen molar-refractivity contribution in [3.63, 3.8) is 0 Å². The number of amides is 1. The number of ketones is 1. The lowest BCUT2D eigenvalue weighted by Gasteiger charge is -2.43. The number of benzene rings is 2. The summed E-state index contributed by atoms with van der Waals surface area (Å²) in [5, 5.41) is 4.99. The lowest BCUT2D eigenvalue weighted by molar-refractivity contribution is -0.121. The Morgan fingerprint density at radius 2 is 1.98 bits per heavy atom. The van der Waals surface area contributed by atoms with E-state index < -0.39 is 23.6 Å². The number of hydrogen-bond donors (Lipinski definition) is 2. The van der Waals surface area contributed by atoms with E-state index in [4.69, 9.17) is 10.7 Å². The predicted octanol–water partition coefficient (Wildman–Crippen LogP) is 3.32. The Bertz CT molecular complexity index is 1560. The smallest absolute Gasteiger partial charge is 0.256 e. The zero-order valence-electron chi connectivity index (χ0n) is 22.6. The first-order chi connectivity index (χ1) is 19.4. The minimum atomic E-state index is -0.615. The number of nitrogens with zero attached hydrogens (tertiary/aromatic N) is 4. The maximum Gasteiger partial charge on any atom is 0.256 e. The van der Waals surface area contributed by atoms with Gasteiger partial charge in [0.1, 0.15) is 17.4 Å². The molecule has 2 fully saturated rings. The second-order valence-electron chi connectivity index (χ2n) is 11.5. The monoisotopic (exact) mass is 540 g/mol. The Balaban J connectivity index is 1.30. The van der Waals surface area contributed by atoms with E-state index in [1.165, 1.54) is 6.08 Å². The molecule has 1 amide bonds. The molecule has 3 unspecified atom stereocenters. The van der Waals surface area contributed by atoms with Crippen LogP contribution in [0.2, 0.25) is 0 Å². The van der Waals surface area contributed by atoms with Gasteiger partial charge < -0.3 is 25.8 Å². The number of halogens is 1. The van der Waals surface area contributed by atoms with Crippen LogP contribution in [0, 0.1) is 0 Å². The van der Waals surface area contributed by atoms with Crippen LogP contribution >= 0.6 is 0 Å². The van der Waals surface area contributed by atoms with E-state index in [1.54, 1.807) is 6.20 Å². The Morgan fingerprint density at radius 1 is 1.18 bits per heavy atom. The molecule has 0 aromatic heterocycles. The Morgan fingerprint density at radius 3 is 2.70 bits per heavy atom. The molecule has 9 heteroatoms. The van der Waals surface area contributed by atoms with Crippen LogP contribution in [0.5, 0.6) is 0 Å². The fourth-order valence-corrected chi connectivity index (χ4v) is 6.80. The number of likely N-dealkylation sites (tertiary alicyclic amines) is 2. The van der Waals surface area contributed by atoms with Crippen molar-refractivity contribution in [2.45, 2.75) is 43.8 Å². The van der Waals surface area contributed by atoms with Crippen LogP contribution in [-0.2, 0) is 9.59 Å². The number of hydrogen-bond acceptors (Lipinski definition) is 7. The third kappa shape index (κ3) is 4.07. The quantitative estimate of drug-likeness (QED) is 0.566. The molecule has 4 heterocycles. The van der Waals surface area contributed by atoms with Crippen LogP contribution in [0.1, 0.15) is 25.7 Å². The zero-order chi connectivity index (χ0) is 27.5. The van der Waals surface area contributed by atoms with Crippen LogP contribution < -0.4 is 16.0 Å². The summed E-state index contributed by atoms with van der Waals surface area (Å²) in [6.07, 6.45) is 6.79. The Kier molecular flexibility index (Phi) is 6.09. The summed E-state index contributed by atoms with van der Waals surface area (Å²) in [4.78, 5) is 38.3. The molecule has 5 aliphatic rings. The minimum absolute atomic E-state index is 0.0158. The molecule has 4 aliphatic heterocycles. The summed E-state index contributed by atoms with van der Waals surface area (Å²) in [7, 11) is 2.10. The predicted molar refractivity (Wildman–Crippen MR) is 154 cm³/mol. The topological polar surface area (TPSA) is 94.3 Å². The van der Waals surface area contributed by atoms with Crippen molar-refractivity contribution in [2.75, 3.05) is 38.1 Å². The van der Waals surface area contributed by atoms with Crippen LogP contribution in [0.4, 0.5) is 15.8 Å². The first-order valence-electron chi connectivity index (χ1n) is 14.2. The average Bonchev–Trinajstić information content (AvgIpc) is 3.56. The maximum atomic E-state index is 15.9. The van der Waals surface area contributed by atoms with E-state index in [-0.39, 0.29) is 17.2 Å². The number of fused-ring (bicyclic) bond motifs is 3. The summed E-state index contributed by atoms with van der Waals surface area (Å²) in [5.74, 6) is -1.40. The number of rotatable bonds is 5. The van der Waals surface area contributed by atoms with Gasteiger partial charge in [-0.15, -0.1) is 0 Å². The van der Waals surface area contributed by atoms with Gasteiger partial charge in [-0.3, -0.25) is 9.59 Å². The van der Waals surface area contributed by atoms with Gasteiger partial charge in [0.15, 0.2) is 5.78 Å². The number of nitrogens with one attached hydrogen (secondary N) is 1. The van der Waals surface area contributed by atoms with Gasteiger partial charge in [0.05, 0.1) is 22.8 Å². The number of anilines is 1. The van der Waals surface area contributed by atoms with E-state index in [2.05, 4.69) is 17.3 Å². The summed E-state index contributed by atoms with van der Waals surface area (Å²) >= 11 is 0. The van der Waals surface area contributed by atoms with Crippen LogP contribution in [0.25, 0.3) is 10.8 Å². The molecule has 0 radical (unpaired) electrons. The van der Waals surface area contributed by atoms with Crippen molar-refractivity contribution in [3.8, 4) is 0 Å². The summed E-state index contributed by atoms with van der Waals surface area (Å²) in [5.41, 5.74) is 8.75. The molecule has 2 saturated heterocycles. The molecular formula is C31H33FN6O2. The third-order valence-corrected chi connectivity index (χ3v) is 8.94. The number of allylic oxidation sites excluding steroid dienone is 2. The summed E-state index contributed by atoms with van der Waals surface area (Å²) in [6.45, 7) is 2.69. The van der Waals surface area contributed by atoms with Gasteiger partial charge in [-0.1, -0.05) is 24.3 Å². The van der Waals surface area contributed by atoms with Gasteiger partial charge in [-0.05, 0) is 68.3 Å². The summed E-state index contributed by atoms with van der Waals surface area (Å²) < 4.78 is 15.9. The summed E-state index contributed by atoms with van der Waals surface area (Å²) in [6, 6.07) is 11.8. The van der Waals surface area contributed by atoms with Crippen molar-refractivity contribution in [1.82, 2.24) is 15.1 Å². The molecule has 3 N–H and O–H groups in total. The SMILES string of the molecule is CN1CCCC1CCNC(=O)C1=CN2c3cc4ccccc4cc3N=C3C(N4CCC(N)C4)=C(F)C=C(C1=O)C32. The highest BCUT2D eigenvalue weighted by molar-refractivity contribution is 6.32. The minimum Gasteiger partial charge on any atom is -0.366 e. The molecule has 0 spiro atoms. The highest BCUT2D eigenvalue weighted by Crippen LogP contribution is 2.46. The third-order valence-electron chi connectivity index (χ3n) is 8.94. The van der Waals surface area contributed by atoms with E-state index in [9.17, 15) is 9.59 Å². The molecule has 8 nitrogen and oxygen atoms in total. The maximum absolute atomic E-state index is 15.9. The number of nitrogens with two attached hydrogens (primary N) is 1. The van der Waals surface area contributed by atoms with Crippen molar-refractivity contribution in [2.24, 2.45) is 10.7 Å². The first kappa shape index (κ1) is 25.2. The van der Waals surface area contributed by atoms with Gasteiger partial charge >= 0.3 is 0 Å². The highest BCUT2D eigenvalue weighted by atomic mass is 19.1. The van der Waals surface area contributed by atoms with Crippen LogP contribution in [0.15, 0.2) is 76.3 Å². The van der Waals surface area contributed by atoms with E-state index in [0.717, 1.165) is 48.7 Å². The number of aliphatic imine (C=N–C) groups is 1. The van der Waals surface area contributed by atoms with Crippen molar-refractivity contribution in [3.05, 3.63) is 71.3 Å². The van der Waals surface area contributed by atoms with Gasteiger partial charge in [-0.2, -0.15) is 0 Å². The molecule has 40 heavy (non-hydrogen) atoms. The normalized spacial score (nSPS) is 26.0. The van der Waals surface area contributed by atoms with Gasteiger partial charge in [0.2, 0.25) is 0 Å². The van der Waals surface area contributed by atoms with E-state index in [1.807, 2.05) is 46.2 Å². The zero-order valence-corrected chi connectivity index (χ0v) is 22.6. The highest BCUT2D eigenvalue weighted by Gasteiger charge is 2.47. The van der Waals surface area contributed by atoms with Crippen molar-refractivity contribution >= 4 is 39.5 Å². The second-order valence-corrected chi connectivity index (χ2v) is 11.5. The molecule has 7 rings (SSSR count). The van der Waals surface area contributed by atoms with E-state index in [0.29, 0.717) is 42.8 Å². The molecule has 206 valence electrons. The average molecular weight is 541 g/mol. The molecular weight excluding hydrogens is 507 g/mol. The molecule has 2 aromatic rings. The molecule has 1 aliphatic carbocycles. The second kappa shape index (κ2) is 9.67. The first-order valence-corrected chi connectivity index (χ1v) is 14.2. The largest absolute Gasteiger partial charge is 0.366 e. The molecule has 3 atom stereocenters. The molecule has 0 bridgehead atoms. The van der Waals surface area contributed by atoms with Crippen LogP contribution in [0.3, 0.4) is 0 Å². The Labute approximate surface area is 232 Å². The van der Waals surface area contributed by atoms with Crippen molar-refractivity contribution < 1.29 is 14.0 Å². The fourth-order valence-electron chi connectivity index (χ4n) is 6.80. The van der Waals surface area contributed by atoms with Crippen molar-refractivity contribution in [1.29, 1.82) is 0 Å². The van der Waals surface area contributed by atoms with Crippen LogP contribution in [-0.4, -0.2) is 78.6 Å². The number of carbonyl (C=O) groups is 2. The molecule has 0 saturated carbocycles. The Hall–Kier alpha value is -3.82. The van der Waals surface area contributed by atoms with Gasteiger partial charge in [-0.25, -0.2) is 9.38 Å². The molecule has 2 aromatic carbocycles. The lowest BCUT2D eigenvalue weighted by atomic mass is 9.82. The number of carbonyl (C=O) groups excluding carboxylic acids is 2. The fraction of sp³-hybridized carbons (Fsp3) is 0.387. The van der Waals surface area contributed by atoms with Gasteiger partial charge in [0.25, 0.3) is 5.91 Å². The van der Waals surface area contributed by atoms with Gasteiger partial charge in [0, 0.05) is 43.5 Å². The lowest BCUT2D eigenvalue weighted by Crippen LogP contribution is -2.52.